The van der Waals surface area contributed by atoms with Gasteiger partial charge in [-0.25, -0.2) is 0 Å². The van der Waals surface area contributed by atoms with Gasteiger partial charge in [0.25, 0.3) is 0 Å². The van der Waals surface area contributed by atoms with Gasteiger partial charge in [-0.2, -0.15) is 0 Å². The number of fused-ring (bicyclic) bond motifs is 2. The smallest absolute Gasteiger partial charge is 0.240 e. The molecule has 2 amide bonds. The van der Waals surface area contributed by atoms with E-state index in [1.807, 2.05) is 48.7 Å². The minimum Gasteiger partial charge on any atom is -0.370 e. The zero-order chi connectivity index (χ0) is 26.2. The van der Waals surface area contributed by atoms with Gasteiger partial charge in [0.05, 0.1) is 6.04 Å². The summed E-state index contributed by atoms with van der Waals surface area (Å²) in [5, 5.41) is 9.47. The molecule has 0 saturated carbocycles. The number of nitrogens with one attached hydrogen (secondary N) is 3. The maximum atomic E-state index is 13.3. The Labute approximate surface area is 215 Å². The number of carbonyl (C=O) groups is 2. The number of para-hydroxylation sites is 1. The lowest BCUT2D eigenvalue weighted by molar-refractivity contribution is -0.128. The van der Waals surface area contributed by atoms with E-state index in [1.165, 1.54) is 0 Å². The number of carbonyl (C=O) groups excluding carboxylic acids is 2. The van der Waals surface area contributed by atoms with Gasteiger partial charge in [-0.05, 0) is 46.9 Å². The molecule has 0 bridgehead atoms. The van der Waals surface area contributed by atoms with Gasteiger partial charge in [0.2, 0.25) is 11.8 Å². The maximum Gasteiger partial charge on any atom is 0.240 e. The van der Waals surface area contributed by atoms with Crippen LogP contribution >= 0.6 is 0 Å². The summed E-state index contributed by atoms with van der Waals surface area (Å²) in [6.45, 7) is 0.882. The van der Waals surface area contributed by atoms with Crippen molar-refractivity contribution >= 4 is 39.4 Å². The monoisotopic (exact) mass is 499 g/mol. The number of aliphatic imine (C=N–C) groups is 1. The van der Waals surface area contributed by atoms with E-state index < -0.39 is 18.0 Å². The van der Waals surface area contributed by atoms with E-state index in [2.05, 4.69) is 44.9 Å². The van der Waals surface area contributed by atoms with Crippen molar-refractivity contribution in [2.45, 2.75) is 37.9 Å². The van der Waals surface area contributed by atoms with E-state index in [1.54, 1.807) is 0 Å². The molecule has 1 aromatic heterocycles. The lowest BCUT2D eigenvalue weighted by Gasteiger charge is -2.22. The van der Waals surface area contributed by atoms with Gasteiger partial charge in [0.1, 0.15) is 6.04 Å². The van der Waals surface area contributed by atoms with Crippen LogP contribution in [0.4, 0.5) is 0 Å². The number of guanidine groups is 1. The number of primary amides is 1. The standard InChI is InChI=1S/C28H33N7O2/c29-26(36)25(15-21-17-34-23-9-4-3-8-22(21)23)35-27(37)24(10-5-13-32-28(30)31)33-16-18-11-12-19-6-1-2-7-20(19)14-18/h1-4,6-9,11-12,14,17,24-25,33-34H,5,10,13,15-16H2,(H2,29,36)(H,35,37)(H4,30,31,32)/t24-,25+/m1/s1. The highest BCUT2D eigenvalue weighted by Gasteiger charge is 2.25. The predicted octanol–water partition coefficient (Wildman–Crippen LogP) is 2.05. The van der Waals surface area contributed by atoms with Crippen molar-refractivity contribution in [2.24, 2.45) is 22.2 Å². The van der Waals surface area contributed by atoms with Crippen LogP contribution in [0.15, 0.2) is 77.9 Å². The summed E-state index contributed by atoms with van der Waals surface area (Å²) in [4.78, 5) is 32.8. The molecule has 0 spiro atoms. The van der Waals surface area contributed by atoms with E-state index in [0.717, 1.165) is 32.8 Å². The number of hydrogen-bond donors (Lipinski definition) is 6. The van der Waals surface area contributed by atoms with Crippen molar-refractivity contribution in [3.05, 3.63) is 84.1 Å². The molecule has 9 N–H and O–H groups in total. The fourth-order valence-electron chi connectivity index (χ4n) is 4.43. The lowest BCUT2D eigenvalue weighted by atomic mass is 10.0. The molecular formula is C28H33N7O2. The van der Waals surface area contributed by atoms with Crippen molar-refractivity contribution in [2.75, 3.05) is 6.54 Å². The van der Waals surface area contributed by atoms with E-state index >= 15 is 0 Å². The fraction of sp³-hybridized carbons (Fsp3) is 0.250. The SMILES string of the molecule is NC(=O)[C@H](Cc1c[nH]c2ccccc12)NC(=O)[C@@H](CCCN=C(N)N)NCc1ccc2ccccc2c1. The molecule has 0 aliphatic carbocycles. The summed E-state index contributed by atoms with van der Waals surface area (Å²) in [6.07, 6.45) is 3.20. The quantitative estimate of drug-likeness (QED) is 0.0996. The van der Waals surface area contributed by atoms with E-state index in [4.69, 9.17) is 17.2 Å². The zero-order valence-electron chi connectivity index (χ0n) is 20.6. The van der Waals surface area contributed by atoms with E-state index in [-0.39, 0.29) is 18.3 Å². The molecule has 0 fully saturated rings. The molecule has 4 rings (SSSR count). The molecule has 0 radical (unpaired) electrons. The molecule has 192 valence electrons. The summed E-state index contributed by atoms with van der Waals surface area (Å²) in [6, 6.07) is 20.7. The van der Waals surface area contributed by atoms with Crippen molar-refractivity contribution in [3.8, 4) is 0 Å². The molecule has 3 aromatic carbocycles. The van der Waals surface area contributed by atoms with Crippen LogP contribution in [0.25, 0.3) is 21.7 Å². The van der Waals surface area contributed by atoms with Gasteiger partial charge in [-0.15, -0.1) is 0 Å². The first kappa shape index (κ1) is 25.7. The molecule has 0 aliphatic rings. The molecule has 0 aliphatic heterocycles. The third kappa shape index (κ3) is 6.86. The number of hydrogen-bond acceptors (Lipinski definition) is 4. The van der Waals surface area contributed by atoms with E-state index in [0.29, 0.717) is 25.9 Å². The number of rotatable bonds is 12. The summed E-state index contributed by atoms with van der Waals surface area (Å²) in [5.74, 6) is -0.876. The molecule has 0 saturated heterocycles. The highest BCUT2D eigenvalue weighted by atomic mass is 16.2. The largest absolute Gasteiger partial charge is 0.370 e. The molecule has 1 heterocycles. The van der Waals surface area contributed by atoms with Gasteiger partial charge >= 0.3 is 0 Å². The topological polar surface area (TPSA) is 164 Å². The van der Waals surface area contributed by atoms with Crippen LogP contribution in [0.5, 0.6) is 0 Å². The fourth-order valence-corrected chi connectivity index (χ4v) is 4.43. The van der Waals surface area contributed by atoms with Crippen LogP contribution < -0.4 is 27.8 Å². The van der Waals surface area contributed by atoms with Crippen molar-refractivity contribution < 1.29 is 9.59 Å². The van der Waals surface area contributed by atoms with Gasteiger partial charge in [0, 0.05) is 36.6 Å². The average Bonchev–Trinajstić information content (AvgIpc) is 3.30. The van der Waals surface area contributed by atoms with Crippen LogP contribution in [0.3, 0.4) is 0 Å². The van der Waals surface area contributed by atoms with Gasteiger partial charge in [-0.3, -0.25) is 14.6 Å². The number of aromatic amines is 1. The Hall–Kier alpha value is -4.37. The van der Waals surface area contributed by atoms with Crippen molar-refractivity contribution in [3.63, 3.8) is 0 Å². The Morgan fingerprint density at radius 2 is 1.68 bits per heavy atom. The number of amides is 2. The molecule has 4 aromatic rings. The second-order valence-electron chi connectivity index (χ2n) is 9.09. The molecule has 9 nitrogen and oxygen atoms in total. The summed E-state index contributed by atoms with van der Waals surface area (Å²) in [5.41, 5.74) is 19.5. The van der Waals surface area contributed by atoms with Gasteiger partial charge in [0.15, 0.2) is 5.96 Å². The Kier molecular flexibility index (Phi) is 8.37. The predicted molar refractivity (Wildman–Crippen MR) is 148 cm³/mol. The van der Waals surface area contributed by atoms with Crippen LogP contribution in [0.2, 0.25) is 0 Å². The number of H-pyrrole nitrogens is 1. The average molecular weight is 500 g/mol. The lowest BCUT2D eigenvalue weighted by Crippen LogP contribution is -2.52. The second kappa shape index (κ2) is 12.0. The second-order valence-corrected chi connectivity index (χ2v) is 9.09. The highest BCUT2D eigenvalue weighted by Crippen LogP contribution is 2.19. The number of nitrogens with two attached hydrogens (primary N) is 3. The van der Waals surface area contributed by atoms with Gasteiger partial charge < -0.3 is 32.8 Å². The van der Waals surface area contributed by atoms with Crippen LogP contribution in [-0.4, -0.2) is 41.4 Å². The maximum absolute atomic E-state index is 13.3. The first-order chi connectivity index (χ1) is 17.9. The third-order valence-corrected chi connectivity index (χ3v) is 6.39. The zero-order valence-corrected chi connectivity index (χ0v) is 20.6. The summed E-state index contributed by atoms with van der Waals surface area (Å²) in [7, 11) is 0. The molecule has 9 heteroatoms. The van der Waals surface area contributed by atoms with Crippen molar-refractivity contribution in [1.82, 2.24) is 15.6 Å². The minimum atomic E-state index is -0.852. The van der Waals surface area contributed by atoms with Crippen molar-refractivity contribution in [1.29, 1.82) is 0 Å². The minimum absolute atomic E-state index is 0.0117. The Bertz CT molecular complexity index is 1410. The van der Waals surface area contributed by atoms with Crippen LogP contribution in [0.1, 0.15) is 24.0 Å². The molecule has 0 unspecified atom stereocenters. The molecule has 37 heavy (non-hydrogen) atoms. The Balaban J connectivity index is 1.46. The normalized spacial score (nSPS) is 12.8. The van der Waals surface area contributed by atoms with Crippen LogP contribution in [0, 0.1) is 0 Å². The Morgan fingerprint density at radius 1 is 0.919 bits per heavy atom. The van der Waals surface area contributed by atoms with Crippen LogP contribution in [-0.2, 0) is 22.6 Å². The van der Waals surface area contributed by atoms with E-state index in [9.17, 15) is 9.59 Å². The summed E-state index contributed by atoms with van der Waals surface area (Å²) < 4.78 is 0. The third-order valence-electron chi connectivity index (χ3n) is 6.39. The molecular weight excluding hydrogens is 466 g/mol. The number of nitrogens with zero attached hydrogens (tertiary/aromatic N) is 1. The van der Waals surface area contributed by atoms with Gasteiger partial charge in [-0.1, -0.05) is 54.6 Å². The highest BCUT2D eigenvalue weighted by molar-refractivity contribution is 5.90. The number of benzene rings is 3. The molecule has 2 atom stereocenters. The first-order valence-electron chi connectivity index (χ1n) is 12.3. The first-order valence-corrected chi connectivity index (χ1v) is 12.3. The number of aromatic nitrogens is 1. The Morgan fingerprint density at radius 3 is 2.46 bits per heavy atom. The summed E-state index contributed by atoms with van der Waals surface area (Å²) >= 11 is 0.